The summed E-state index contributed by atoms with van der Waals surface area (Å²) in [5, 5.41) is 28.0. The minimum absolute atomic E-state index is 0.0999. The second-order valence-electron chi connectivity index (χ2n) is 5.79. The maximum absolute atomic E-state index is 11.6. The second kappa shape index (κ2) is 6.78. The van der Waals surface area contributed by atoms with Gasteiger partial charge in [0.15, 0.2) is 0 Å². The van der Waals surface area contributed by atoms with Crippen LogP contribution in [-0.2, 0) is 10.1 Å². The Kier molecular flexibility index (Phi) is 4.64. The molecule has 0 amide bonds. The van der Waals surface area contributed by atoms with Crippen molar-refractivity contribution in [2.24, 2.45) is 10.2 Å². The molecule has 138 valence electrons. The Morgan fingerprint density at radius 1 is 0.963 bits per heavy atom. The summed E-state index contributed by atoms with van der Waals surface area (Å²) in [5.41, 5.74) is 0.270. The maximum atomic E-state index is 11.6. The number of benzene rings is 3. The van der Waals surface area contributed by atoms with E-state index in [1.165, 1.54) is 18.2 Å². The highest BCUT2D eigenvalue weighted by atomic mass is 32.2. The molecule has 0 bridgehead atoms. The first-order chi connectivity index (χ1) is 12.7. The molecule has 0 heterocycles. The van der Waals surface area contributed by atoms with E-state index in [-0.39, 0.29) is 22.3 Å². The van der Waals surface area contributed by atoms with Gasteiger partial charge in [0.25, 0.3) is 10.1 Å². The molecule has 0 spiro atoms. The maximum Gasteiger partial charge on any atom is 0.339 e. The fourth-order valence-electron chi connectivity index (χ4n) is 2.60. The lowest BCUT2D eigenvalue weighted by Crippen LogP contribution is -1.99. The number of hydrogen-bond donors (Lipinski definition) is 3. The molecule has 3 N–H and O–H groups in total. The Morgan fingerprint density at radius 3 is 2.22 bits per heavy atom. The Morgan fingerprint density at radius 2 is 1.59 bits per heavy atom. The minimum atomic E-state index is -4.52. The zero-order chi connectivity index (χ0) is 19.8. The number of aromatic hydroxyl groups is 1. The molecule has 9 heteroatoms. The van der Waals surface area contributed by atoms with Crippen molar-refractivity contribution >= 4 is 38.2 Å². The molecule has 3 aromatic rings. The van der Waals surface area contributed by atoms with Crippen molar-refractivity contribution in [2.75, 3.05) is 0 Å². The standard InChI is InChI=1S/C18H14N2O6S/c1-10-6-7-14(16(8-10)27(24,25)26)19-20-15-9-13(18(22)23)17(21)12-5-3-2-4-11(12)15/h2-9,21H,1H3,(H,22,23)(H,24,25,26). The van der Waals surface area contributed by atoms with E-state index in [1.807, 2.05) is 0 Å². The molecule has 0 aliphatic rings. The minimum Gasteiger partial charge on any atom is -0.506 e. The number of aromatic carboxylic acids is 1. The molecule has 0 aliphatic heterocycles. The number of fused-ring (bicyclic) bond motifs is 1. The SMILES string of the molecule is Cc1ccc(N=Nc2cc(C(=O)O)c(O)c3ccccc23)c(S(=O)(=O)O)c1. The molecule has 0 radical (unpaired) electrons. The molecule has 0 saturated heterocycles. The largest absolute Gasteiger partial charge is 0.506 e. The van der Waals surface area contributed by atoms with Crippen molar-refractivity contribution in [1.29, 1.82) is 0 Å². The molecule has 0 fully saturated rings. The van der Waals surface area contributed by atoms with E-state index in [0.29, 0.717) is 10.9 Å². The van der Waals surface area contributed by atoms with Crippen molar-refractivity contribution in [2.45, 2.75) is 11.8 Å². The van der Waals surface area contributed by atoms with Crippen molar-refractivity contribution in [3.8, 4) is 5.75 Å². The van der Waals surface area contributed by atoms with Crippen LogP contribution in [0.4, 0.5) is 11.4 Å². The third kappa shape index (κ3) is 3.64. The van der Waals surface area contributed by atoms with Crippen LogP contribution in [0.3, 0.4) is 0 Å². The van der Waals surface area contributed by atoms with Crippen LogP contribution >= 0.6 is 0 Å². The highest BCUT2D eigenvalue weighted by Gasteiger charge is 2.18. The van der Waals surface area contributed by atoms with E-state index in [0.717, 1.165) is 6.07 Å². The van der Waals surface area contributed by atoms with Crippen molar-refractivity contribution in [3.63, 3.8) is 0 Å². The fourth-order valence-corrected chi connectivity index (χ4v) is 3.31. The number of carboxylic acids is 1. The number of aryl methyl sites for hydroxylation is 1. The molecule has 27 heavy (non-hydrogen) atoms. The van der Waals surface area contributed by atoms with Gasteiger partial charge in [-0.2, -0.15) is 8.42 Å². The number of azo groups is 1. The van der Waals surface area contributed by atoms with Gasteiger partial charge in [-0.15, -0.1) is 10.2 Å². The van der Waals surface area contributed by atoms with Crippen molar-refractivity contribution < 1.29 is 28.0 Å². The molecule has 0 aromatic heterocycles. The Bertz CT molecular complexity index is 1200. The summed E-state index contributed by atoms with van der Waals surface area (Å²) in [5.74, 6) is -1.74. The van der Waals surface area contributed by atoms with Crippen LogP contribution in [0.2, 0.25) is 0 Å². The predicted octanol–water partition coefficient (Wildman–Crippen LogP) is 4.21. The molecule has 0 aliphatic carbocycles. The van der Waals surface area contributed by atoms with Gasteiger partial charge in [-0.05, 0) is 30.7 Å². The summed E-state index contributed by atoms with van der Waals surface area (Å²) in [7, 11) is -4.52. The van der Waals surface area contributed by atoms with E-state index in [1.54, 1.807) is 31.2 Å². The van der Waals surface area contributed by atoms with Gasteiger partial charge in [0.2, 0.25) is 0 Å². The number of nitrogens with zero attached hydrogens (tertiary/aromatic N) is 2. The number of phenols is 1. The summed E-state index contributed by atoms with van der Waals surface area (Å²) in [6.45, 7) is 1.65. The second-order valence-corrected chi connectivity index (χ2v) is 7.18. The lowest BCUT2D eigenvalue weighted by Gasteiger charge is -2.08. The predicted molar refractivity (Wildman–Crippen MR) is 97.7 cm³/mol. The lowest BCUT2D eigenvalue weighted by molar-refractivity contribution is 0.0694. The van der Waals surface area contributed by atoms with Crippen LogP contribution in [0.25, 0.3) is 10.8 Å². The Balaban J connectivity index is 2.21. The average Bonchev–Trinajstić information content (AvgIpc) is 2.61. The Labute approximate surface area is 154 Å². The molecular formula is C18H14N2O6S. The zero-order valence-corrected chi connectivity index (χ0v) is 14.8. The average molecular weight is 386 g/mol. The van der Waals surface area contributed by atoms with E-state index in [2.05, 4.69) is 10.2 Å². The topological polar surface area (TPSA) is 137 Å². The first-order valence-electron chi connectivity index (χ1n) is 7.66. The van der Waals surface area contributed by atoms with Crippen molar-refractivity contribution in [3.05, 3.63) is 59.7 Å². The quantitative estimate of drug-likeness (QED) is 0.454. The zero-order valence-electron chi connectivity index (χ0n) is 14.0. The van der Waals surface area contributed by atoms with Crippen LogP contribution < -0.4 is 0 Å². The van der Waals surface area contributed by atoms with Gasteiger partial charge >= 0.3 is 5.97 Å². The Hall–Kier alpha value is -3.30. The van der Waals surface area contributed by atoms with Gasteiger partial charge in [-0.3, -0.25) is 4.55 Å². The van der Waals surface area contributed by atoms with Crippen LogP contribution in [0.1, 0.15) is 15.9 Å². The molecular weight excluding hydrogens is 372 g/mol. The first-order valence-corrected chi connectivity index (χ1v) is 9.10. The summed E-state index contributed by atoms with van der Waals surface area (Å²) in [6.07, 6.45) is 0. The number of carboxylic acid groups (broad SMARTS) is 1. The van der Waals surface area contributed by atoms with Crippen molar-refractivity contribution in [1.82, 2.24) is 0 Å². The monoisotopic (exact) mass is 386 g/mol. The molecule has 0 saturated carbocycles. The van der Waals surface area contributed by atoms with E-state index < -0.39 is 26.7 Å². The van der Waals surface area contributed by atoms with Gasteiger partial charge in [-0.25, -0.2) is 4.79 Å². The molecule has 3 aromatic carbocycles. The summed E-state index contributed by atoms with van der Waals surface area (Å²) < 4.78 is 32.5. The fraction of sp³-hybridized carbons (Fsp3) is 0.0556. The summed E-state index contributed by atoms with van der Waals surface area (Å²) >= 11 is 0. The first kappa shape index (κ1) is 18.5. The van der Waals surface area contributed by atoms with Crippen LogP contribution in [0.15, 0.2) is 63.7 Å². The lowest BCUT2D eigenvalue weighted by atomic mass is 10.0. The molecule has 0 atom stereocenters. The molecule has 0 unspecified atom stereocenters. The van der Waals surface area contributed by atoms with Gasteiger partial charge in [0.05, 0.1) is 5.69 Å². The van der Waals surface area contributed by atoms with E-state index >= 15 is 0 Å². The molecule has 3 rings (SSSR count). The van der Waals surface area contributed by atoms with E-state index in [9.17, 15) is 28.0 Å². The third-order valence-corrected chi connectivity index (χ3v) is 4.77. The van der Waals surface area contributed by atoms with E-state index in [4.69, 9.17) is 0 Å². The van der Waals surface area contributed by atoms with Gasteiger partial charge in [-0.1, -0.05) is 30.3 Å². The van der Waals surface area contributed by atoms with Crippen LogP contribution in [0, 0.1) is 6.92 Å². The van der Waals surface area contributed by atoms with Crippen LogP contribution in [0.5, 0.6) is 5.75 Å². The number of hydrogen-bond acceptors (Lipinski definition) is 6. The number of rotatable bonds is 4. The van der Waals surface area contributed by atoms with Gasteiger partial charge in [0.1, 0.15) is 21.9 Å². The van der Waals surface area contributed by atoms with Gasteiger partial charge in [0, 0.05) is 10.8 Å². The third-order valence-electron chi connectivity index (χ3n) is 3.88. The van der Waals surface area contributed by atoms with Crippen LogP contribution in [-0.4, -0.2) is 29.2 Å². The normalized spacial score (nSPS) is 11.9. The number of carbonyl (C=O) groups is 1. The van der Waals surface area contributed by atoms with Gasteiger partial charge < -0.3 is 10.2 Å². The highest BCUT2D eigenvalue weighted by Crippen LogP contribution is 2.37. The smallest absolute Gasteiger partial charge is 0.339 e. The summed E-state index contributed by atoms with van der Waals surface area (Å²) in [6, 6.07) is 11.8. The summed E-state index contributed by atoms with van der Waals surface area (Å²) in [4.78, 5) is 11.0. The molecule has 8 nitrogen and oxygen atoms in total. The highest BCUT2D eigenvalue weighted by molar-refractivity contribution is 7.86.